The summed E-state index contributed by atoms with van der Waals surface area (Å²) in [7, 11) is 3.11. The summed E-state index contributed by atoms with van der Waals surface area (Å²) in [6.45, 7) is 6.07. The molecule has 0 aliphatic heterocycles. The largest absolute Gasteiger partial charge is 0.497 e. The fraction of sp³-hybridized carbons (Fsp3) is 0.423. The molecule has 0 aliphatic carbocycles. The second-order valence-electron chi connectivity index (χ2n) is 8.13. The molecular formula is C26H34N2O5. The first kappa shape index (κ1) is 25.9. The normalized spacial score (nSPS) is 12.2. The number of ether oxygens (including phenoxy) is 2. The molecule has 178 valence electrons. The van der Waals surface area contributed by atoms with Crippen molar-refractivity contribution in [2.24, 2.45) is 11.1 Å². The molecule has 0 fully saturated rings. The van der Waals surface area contributed by atoms with Gasteiger partial charge in [0, 0.05) is 30.9 Å². The molecule has 2 aromatic rings. The minimum absolute atomic E-state index is 0.0286. The van der Waals surface area contributed by atoms with Gasteiger partial charge < -0.3 is 19.6 Å². The second-order valence-corrected chi connectivity index (χ2v) is 8.13. The average Bonchev–Trinajstić information content (AvgIpc) is 2.82. The maximum absolute atomic E-state index is 13.2. The Kier molecular flexibility index (Phi) is 10.4. The zero-order chi connectivity index (χ0) is 24.2. The van der Waals surface area contributed by atoms with E-state index in [-0.39, 0.29) is 36.3 Å². The number of amides is 1. The van der Waals surface area contributed by atoms with Gasteiger partial charge in [-0.15, -0.1) is 0 Å². The molecule has 0 bridgehead atoms. The molecule has 2 rings (SSSR count). The molecule has 1 N–H and O–H groups in total. The standard InChI is InChI=1S/C26H34N2O5/c1-6-20(29)15-23(22-13-12-21(31-4)16-25(22)32-5)27-26(30)24(14-18(2)3)28-33-17-19-10-8-7-9-11-19/h7-13,16,18,23H,6,14-15,17H2,1-5H3,(H,27,30)/b28-24+. The Balaban J connectivity index is 2.26. The molecule has 0 heterocycles. The Morgan fingerprint density at radius 3 is 2.33 bits per heavy atom. The number of benzene rings is 2. The van der Waals surface area contributed by atoms with Crippen LogP contribution in [-0.2, 0) is 21.0 Å². The quantitative estimate of drug-likeness (QED) is 0.345. The number of rotatable bonds is 13. The third-order valence-electron chi connectivity index (χ3n) is 5.06. The highest BCUT2D eigenvalue weighted by Gasteiger charge is 2.24. The molecule has 0 saturated carbocycles. The Labute approximate surface area is 196 Å². The number of nitrogens with zero attached hydrogens (tertiary/aromatic N) is 1. The number of hydrogen-bond acceptors (Lipinski definition) is 6. The van der Waals surface area contributed by atoms with Gasteiger partial charge >= 0.3 is 0 Å². The van der Waals surface area contributed by atoms with Gasteiger partial charge in [0.15, 0.2) is 0 Å². The highest BCUT2D eigenvalue weighted by atomic mass is 16.6. The minimum Gasteiger partial charge on any atom is -0.497 e. The van der Waals surface area contributed by atoms with Crippen molar-refractivity contribution in [2.75, 3.05) is 14.2 Å². The van der Waals surface area contributed by atoms with Crippen LogP contribution in [0.15, 0.2) is 53.7 Å². The van der Waals surface area contributed by atoms with Crippen LogP contribution in [0.3, 0.4) is 0 Å². The van der Waals surface area contributed by atoms with Crippen LogP contribution in [0.1, 0.15) is 57.2 Å². The lowest BCUT2D eigenvalue weighted by Gasteiger charge is -2.22. The molecule has 0 radical (unpaired) electrons. The molecule has 7 heteroatoms. The van der Waals surface area contributed by atoms with Crippen molar-refractivity contribution < 1.29 is 23.9 Å². The molecule has 33 heavy (non-hydrogen) atoms. The molecule has 1 unspecified atom stereocenters. The van der Waals surface area contributed by atoms with Crippen molar-refractivity contribution in [1.29, 1.82) is 0 Å². The lowest BCUT2D eigenvalue weighted by Crippen LogP contribution is -2.36. The van der Waals surface area contributed by atoms with Crippen molar-refractivity contribution in [3.63, 3.8) is 0 Å². The van der Waals surface area contributed by atoms with Gasteiger partial charge in [-0.1, -0.05) is 56.3 Å². The number of methoxy groups -OCH3 is 2. The highest BCUT2D eigenvalue weighted by molar-refractivity contribution is 6.38. The zero-order valence-electron chi connectivity index (χ0n) is 20.1. The van der Waals surface area contributed by atoms with Crippen LogP contribution in [-0.4, -0.2) is 31.6 Å². The first-order valence-corrected chi connectivity index (χ1v) is 11.1. The van der Waals surface area contributed by atoms with E-state index in [9.17, 15) is 9.59 Å². The van der Waals surface area contributed by atoms with Gasteiger partial charge in [-0.25, -0.2) is 0 Å². The summed E-state index contributed by atoms with van der Waals surface area (Å²) < 4.78 is 10.8. The Morgan fingerprint density at radius 1 is 1.00 bits per heavy atom. The third kappa shape index (κ3) is 8.25. The average molecular weight is 455 g/mol. The Bertz CT molecular complexity index is 941. The maximum atomic E-state index is 13.2. The fourth-order valence-corrected chi connectivity index (χ4v) is 3.28. The molecule has 1 amide bonds. The summed E-state index contributed by atoms with van der Waals surface area (Å²) in [4.78, 5) is 31.0. The van der Waals surface area contributed by atoms with Crippen molar-refractivity contribution in [2.45, 2.75) is 52.7 Å². The van der Waals surface area contributed by atoms with Crippen molar-refractivity contribution in [3.8, 4) is 11.5 Å². The summed E-state index contributed by atoms with van der Waals surface area (Å²) in [5.41, 5.74) is 1.94. The minimum atomic E-state index is -0.572. The first-order chi connectivity index (χ1) is 15.9. The summed E-state index contributed by atoms with van der Waals surface area (Å²) in [5.74, 6) is 1.01. The Morgan fingerprint density at radius 2 is 1.73 bits per heavy atom. The van der Waals surface area contributed by atoms with Crippen LogP contribution in [0.5, 0.6) is 11.5 Å². The maximum Gasteiger partial charge on any atom is 0.269 e. The fourth-order valence-electron chi connectivity index (χ4n) is 3.28. The van der Waals surface area contributed by atoms with Crippen LogP contribution in [0, 0.1) is 5.92 Å². The van der Waals surface area contributed by atoms with E-state index in [4.69, 9.17) is 14.3 Å². The monoisotopic (exact) mass is 454 g/mol. The van der Waals surface area contributed by atoms with E-state index >= 15 is 0 Å². The summed E-state index contributed by atoms with van der Waals surface area (Å²) in [6.07, 6.45) is 0.956. The van der Waals surface area contributed by atoms with Gasteiger partial charge in [-0.3, -0.25) is 9.59 Å². The highest BCUT2D eigenvalue weighted by Crippen LogP contribution is 2.31. The van der Waals surface area contributed by atoms with E-state index in [1.807, 2.05) is 44.2 Å². The lowest BCUT2D eigenvalue weighted by molar-refractivity contribution is -0.120. The second kappa shape index (κ2) is 13.3. The van der Waals surface area contributed by atoms with Gasteiger partial charge in [0.2, 0.25) is 0 Å². The predicted molar refractivity (Wildman–Crippen MR) is 128 cm³/mol. The number of nitrogens with one attached hydrogen (secondary N) is 1. The van der Waals surface area contributed by atoms with Crippen molar-refractivity contribution >= 4 is 17.4 Å². The molecule has 2 aromatic carbocycles. The van der Waals surface area contributed by atoms with Crippen LogP contribution in [0.25, 0.3) is 0 Å². The number of carbonyl (C=O) groups is 2. The zero-order valence-corrected chi connectivity index (χ0v) is 20.1. The molecule has 0 aromatic heterocycles. The van der Waals surface area contributed by atoms with E-state index in [0.717, 1.165) is 5.56 Å². The topological polar surface area (TPSA) is 86.2 Å². The number of ketones is 1. The Hall–Kier alpha value is -3.35. The molecule has 0 saturated heterocycles. The molecule has 0 spiro atoms. The van der Waals surface area contributed by atoms with Crippen LogP contribution in [0.4, 0.5) is 0 Å². The summed E-state index contributed by atoms with van der Waals surface area (Å²) in [5, 5.41) is 7.12. The van der Waals surface area contributed by atoms with Crippen LogP contribution < -0.4 is 14.8 Å². The molecular weight excluding hydrogens is 420 g/mol. The number of oxime groups is 1. The van der Waals surface area contributed by atoms with Gasteiger partial charge in [0.25, 0.3) is 5.91 Å². The van der Waals surface area contributed by atoms with Gasteiger partial charge in [-0.2, -0.15) is 0 Å². The first-order valence-electron chi connectivity index (χ1n) is 11.1. The summed E-state index contributed by atoms with van der Waals surface area (Å²) in [6, 6.07) is 14.4. The van der Waals surface area contributed by atoms with Gasteiger partial charge in [0.05, 0.1) is 20.3 Å². The SMILES string of the molecule is CCC(=O)CC(NC(=O)/C(CC(C)C)=N/OCc1ccccc1)c1ccc(OC)cc1OC. The van der Waals surface area contributed by atoms with E-state index in [1.165, 1.54) is 0 Å². The van der Waals surface area contributed by atoms with Crippen LogP contribution in [0.2, 0.25) is 0 Å². The van der Waals surface area contributed by atoms with Crippen LogP contribution >= 0.6 is 0 Å². The third-order valence-corrected chi connectivity index (χ3v) is 5.06. The lowest BCUT2D eigenvalue weighted by atomic mass is 9.98. The van der Waals surface area contributed by atoms with Gasteiger partial charge in [-0.05, 0) is 23.6 Å². The molecule has 7 nitrogen and oxygen atoms in total. The van der Waals surface area contributed by atoms with Gasteiger partial charge in [0.1, 0.15) is 29.6 Å². The van der Waals surface area contributed by atoms with E-state index < -0.39 is 6.04 Å². The predicted octanol–water partition coefficient (Wildman–Crippen LogP) is 4.85. The van der Waals surface area contributed by atoms with Crippen molar-refractivity contribution in [1.82, 2.24) is 5.32 Å². The van der Waals surface area contributed by atoms with Crippen molar-refractivity contribution in [3.05, 3.63) is 59.7 Å². The number of carbonyl (C=O) groups excluding carboxylic acids is 2. The molecule has 1 atom stereocenters. The summed E-state index contributed by atoms with van der Waals surface area (Å²) >= 11 is 0. The van der Waals surface area contributed by atoms with E-state index in [0.29, 0.717) is 29.9 Å². The smallest absolute Gasteiger partial charge is 0.269 e. The number of Topliss-reactive ketones (excluding diaryl/α,β-unsaturated/α-hetero) is 1. The van der Waals surface area contributed by atoms with E-state index in [1.54, 1.807) is 39.3 Å². The number of hydrogen-bond donors (Lipinski definition) is 1. The molecule has 0 aliphatic rings. The van der Waals surface area contributed by atoms with E-state index in [2.05, 4.69) is 10.5 Å².